The maximum absolute atomic E-state index is 14.1. The van der Waals surface area contributed by atoms with Crippen LogP contribution in [0.5, 0.6) is 0 Å². The fraction of sp³-hybridized carbons (Fsp3) is 0.611. The number of nitrogens with one attached hydrogen (secondary N) is 1. The van der Waals surface area contributed by atoms with Gasteiger partial charge in [0.2, 0.25) is 5.91 Å². The van der Waals surface area contributed by atoms with Gasteiger partial charge in [-0.3, -0.25) is 9.59 Å². The summed E-state index contributed by atoms with van der Waals surface area (Å²) >= 11 is 0. The molecule has 4 nitrogen and oxygen atoms in total. The molecule has 2 unspecified atom stereocenters. The van der Waals surface area contributed by atoms with Crippen LogP contribution in [0.1, 0.15) is 163 Å². The SMILES string of the molecule is CCCCCC(CC(CCCC)NC(=O)c1cccc(C(C)(C)CC)c1C(C)(C)CC)c1ccccc1C(N)=O. The molecule has 0 saturated heterocycles. The van der Waals surface area contributed by atoms with Crippen LogP contribution < -0.4 is 11.1 Å². The molecule has 0 bridgehead atoms. The van der Waals surface area contributed by atoms with Gasteiger partial charge in [-0.15, -0.1) is 0 Å². The molecule has 0 heterocycles. The summed E-state index contributed by atoms with van der Waals surface area (Å²) in [6.07, 6.45) is 10.1. The highest BCUT2D eigenvalue weighted by atomic mass is 16.2. The van der Waals surface area contributed by atoms with E-state index in [1.165, 1.54) is 11.1 Å². The standard InChI is InChI=1S/C36H56N2O2/c1-9-13-15-19-26(28-21-16-17-22-29(28)33(37)39)25-27(20-14-10-2)38-34(40)30-23-18-24-31(35(5,6)11-3)32(30)36(7,8)12-4/h16-18,21-24,26-27H,9-15,19-20,25H2,1-8H3,(H2,37,39)(H,38,40). The van der Waals surface area contributed by atoms with E-state index in [1.54, 1.807) is 0 Å². The van der Waals surface area contributed by atoms with Crippen LogP contribution in [0.15, 0.2) is 42.5 Å². The number of carbonyl (C=O) groups excluding carboxylic acids is 2. The predicted molar refractivity (Wildman–Crippen MR) is 170 cm³/mol. The van der Waals surface area contributed by atoms with Crippen molar-refractivity contribution in [2.75, 3.05) is 0 Å². The number of hydrogen-bond acceptors (Lipinski definition) is 2. The van der Waals surface area contributed by atoms with Crippen LogP contribution in [0.2, 0.25) is 0 Å². The molecular weight excluding hydrogens is 492 g/mol. The Balaban J connectivity index is 2.51. The second-order valence-corrected chi connectivity index (χ2v) is 12.9. The molecule has 2 aromatic rings. The average molecular weight is 549 g/mol. The van der Waals surface area contributed by atoms with E-state index in [9.17, 15) is 9.59 Å². The average Bonchev–Trinajstić information content (AvgIpc) is 2.94. The number of nitrogens with two attached hydrogens (primary N) is 1. The van der Waals surface area contributed by atoms with E-state index in [2.05, 4.69) is 72.8 Å². The number of amides is 2. The van der Waals surface area contributed by atoms with E-state index in [0.29, 0.717) is 5.56 Å². The summed E-state index contributed by atoms with van der Waals surface area (Å²) in [7, 11) is 0. The molecule has 0 aliphatic carbocycles. The van der Waals surface area contributed by atoms with Gasteiger partial charge in [0.25, 0.3) is 5.91 Å². The summed E-state index contributed by atoms with van der Waals surface area (Å²) in [5.41, 5.74) is 10.5. The number of rotatable bonds is 17. The van der Waals surface area contributed by atoms with Crippen molar-refractivity contribution in [2.45, 2.75) is 142 Å². The molecule has 0 radical (unpaired) electrons. The molecule has 40 heavy (non-hydrogen) atoms. The molecule has 4 heteroatoms. The van der Waals surface area contributed by atoms with E-state index >= 15 is 0 Å². The second-order valence-electron chi connectivity index (χ2n) is 12.9. The minimum atomic E-state index is -0.382. The Labute approximate surface area is 244 Å². The minimum absolute atomic E-state index is 0.0143. The Hall–Kier alpha value is -2.62. The summed E-state index contributed by atoms with van der Waals surface area (Å²) in [6.45, 7) is 17.9. The van der Waals surface area contributed by atoms with Crippen LogP contribution in [-0.2, 0) is 10.8 Å². The summed E-state index contributed by atoms with van der Waals surface area (Å²) in [5.74, 6) is -0.205. The van der Waals surface area contributed by atoms with Crippen LogP contribution in [0.3, 0.4) is 0 Å². The third kappa shape index (κ3) is 8.69. The number of carbonyl (C=O) groups is 2. The first-order chi connectivity index (χ1) is 18.9. The van der Waals surface area contributed by atoms with Crippen molar-refractivity contribution in [3.8, 4) is 0 Å². The van der Waals surface area contributed by atoms with E-state index in [0.717, 1.165) is 75.3 Å². The quantitative estimate of drug-likeness (QED) is 0.193. The molecule has 0 saturated carbocycles. The molecule has 2 aromatic carbocycles. The van der Waals surface area contributed by atoms with Crippen molar-refractivity contribution >= 4 is 11.8 Å². The largest absolute Gasteiger partial charge is 0.366 e. The fourth-order valence-corrected chi connectivity index (χ4v) is 5.83. The lowest BCUT2D eigenvalue weighted by Crippen LogP contribution is -2.38. The van der Waals surface area contributed by atoms with Gasteiger partial charge >= 0.3 is 0 Å². The van der Waals surface area contributed by atoms with Crippen molar-refractivity contribution in [3.63, 3.8) is 0 Å². The van der Waals surface area contributed by atoms with Gasteiger partial charge in [-0.2, -0.15) is 0 Å². The monoisotopic (exact) mass is 548 g/mol. The minimum Gasteiger partial charge on any atom is -0.366 e. The van der Waals surface area contributed by atoms with Crippen LogP contribution in [-0.4, -0.2) is 17.9 Å². The molecule has 0 aliphatic heterocycles. The summed E-state index contributed by atoms with van der Waals surface area (Å²) < 4.78 is 0. The van der Waals surface area contributed by atoms with Gasteiger partial charge in [0, 0.05) is 17.2 Å². The zero-order valence-electron chi connectivity index (χ0n) is 26.7. The zero-order valence-corrected chi connectivity index (χ0v) is 26.7. The molecule has 222 valence electrons. The van der Waals surface area contributed by atoms with Gasteiger partial charge in [0.15, 0.2) is 0 Å². The lowest BCUT2D eigenvalue weighted by Gasteiger charge is -2.35. The van der Waals surface area contributed by atoms with Gasteiger partial charge in [-0.1, -0.05) is 118 Å². The number of benzene rings is 2. The highest BCUT2D eigenvalue weighted by Gasteiger charge is 2.33. The highest BCUT2D eigenvalue weighted by molar-refractivity contribution is 5.97. The van der Waals surface area contributed by atoms with Gasteiger partial charge in [-0.05, 0) is 77.7 Å². The molecular formula is C36H56N2O2. The summed E-state index contributed by atoms with van der Waals surface area (Å²) in [4.78, 5) is 26.5. The predicted octanol–water partition coefficient (Wildman–Crippen LogP) is 9.20. The topological polar surface area (TPSA) is 72.2 Å². The molecule has 0 aromatic heterocycles. The fourth-order valence-electron chi connectivity index (χ4n) is 5.83. The van der Waals surface area contributed by atoms with Gasteiger partial charge in [-0.25, -0.2) is 0 Å². The summed E-state index contributed by atoms with van der Waals surface area (Å²) in [5, 5.41) is 3.49. The zero-order chi connectivity index (χ0) is 29.9. The Bertz CT molecular complexity index is 1100. The number of primary amides is 1. The Morgan fingerprint density at radius 3 is 2.00 bits per heavy atom. The molecule has 0 aliphatic rings. The van der Waals surface area contributed by atoms with Crippen LogP contribution in [0.25, 0.3) is 0 Å². The number of unbranched alkanes of at least 4 members (excludes halogenated alkanes) is 3. The molecule has 3 N–H and O–H groups in total. The maximum Gasteiger partial charge on any atom is 0.251 e. The molecule has 0 fully saturated rings. The van der Waals surface area contributed by atoms with Crippen molar-refractivity contribution < 1.29 is 9.59 Å². The Morgan fingerprint density at radius 2 is 1.40 bits per heavy atom. The van der Waals surface area contributed by atoms with E-state index in [4.69, 9.17) is 5.73 Å². The summed E-state index contributed by atoms with van der Waals surface area (Å²) in [6, 6.07) is 14.0. The van der Waals surface area contributed by atoms with Gasteiger partial charge in [0.05, 0.1) is 0 Å². The van der Waals surface area contributed by atoms with Crippen LogP contribution >= 0.6 is 0 Å². The lowest BCUT2D eigenvalue weighted by molar-refractivity contribution is 0.0925. The molecule has 2 atom stereocenters. The lowest BCUT2D eigenvalue weighted by atomic mass is 9.69. The van der Waals surface area contributed by atoms with Crippen LogP contribution in [0, 0.1) is 0 Å². The van der Waals surface area contributed by atoms with E-state index in [-0.39, 0.29) is 34.6 Å². The van der Waals surface area contributed by atoms with Crippen molar-refractivity contribution in [2.24, 2.45) is 5.73 Å². The number of hydrogen-bond donors (Lipinski definition) is 2. The smallest absolute Gasteiger partial charge is 0.251 e. The first-order valence-corrected chi connectivity index (χ1v) is 15.8. The second kappa shape index (κ2) is 15.4. The Morgan fingerprint density at radius 1 is 0.775 bits per heavy atom. The third-order valence-electron chi connectivity index (χ3n) is 9.12. The van der Waals surface area contributed by atoms with Crippen molar-refractivity contribution in [1.29, 1.82) is 0 Å². The maximum atomic E-state index is 14.1. The van der Waals surface area contributed by atoms with Crippen molar-refractivity contribution in [1.82, 2.24) is 5.32 Å². The third-order valence-corrected chi connectivity index (χ3v) is 9.12. The van der Waals surface area contributed by atoms with E-state index < -0.39 is 0 Å². The molecule has 2 rings (SSSR count). The Kier molecular flexibility index (Phi) is 12.9. The van der Waals surface area contributed by atoms with E-state index in [1.807, 2.05) is 30.3 Å². The first-order valence-electron chi connectivity index (χ1n) is 15.8. The first kappa shape index (κ1) is 33.6. The van der Waals surface area contributed by atoms with Crippen LogP contribution in [0.4, 0.5) is 0 Å². The van der Waals surface area contributed by atoms with Gasteiger partial charge in [0.1, 0.15) is 0 Å². The normalized spacial score (nSPS) is 13.6. The molecule has 2 amide bonds. The van der Waals surface area contributed by atoms with Crippen molar-refractivity contribution in [3.05, 3.63) is 70.3 Å². The molecule has 0 spiro atoms. The van der Waals surface area contributed by atoms with Gasteiger partial charge < -0.3 is 11.1 Å². The highest BCUT2D eigenvalue weighted by Crippen LogP contribution is 2.40.